The van der Waals surface area contributed by atoms with Crippen molar-refractivity contribution in [3.05, 3.63) is 96.2 Å². The molecule has 0 aromatic rings. The van der Waals surface area contributed by atoms with Crippen molar-refractivity contribution >= 4 is 19.0 Å². The zero-order chi connectivity index (χ0) is 26.3. The molecule has 6 heteroatoms. The van der Waals surface area contributed by atoms with E-state index < -0.39 is 0 Å². The molecule has 0 bridgehead atoms. The Labute approximate surface area is 293 Å². The van der Waals surface area contributed by atoms with Gasteiger partial charge >= 0.3 is 0 Å². The van der Waals surface area contributed by atoms with E-state index in [0.29, 0.717) is 10.8 Å². The van der Waals surface area contributed by atoms with Crippen molar-refractivity contribution in [3.63, 3.8) is 0 Å². The number of allylic oxidation sites excluding steroid dienone is 16. The summed E-state index contributed by atoms with van der Waals surface area (Å²) in [6.07, 6.45) is 37.3. The van der Waals surface area contributed by atoms with Crippen LogP contribution in [0.4, 0.5) is 0 Å². The Bertz CT molecular complexity index is 662. The van der Waals surface area contributed by atoms with Crippen LogP contribution >= 0.6 is 0 Å². The molecule has 0 atom stereocenters. The maximum Gasteiger partial charge on any atom is 0.0213 e. The molecule has 0 nitrogen and oxygen atoms in total. The summed E-state index contributed by atoms with van der Waals surface area (Å²) in [6, 6.07) is 0. The maximum atomic E-state index is 3.30. The van der Waals surface area contributed by atoms with Crippen LogP contribution in [0.2, 0.25) is 26.2 Å². The monoisotopic (exact) mass is 920 g/mol. The molecule has 214 valence electrons. The van der Waals surface area contributed by atoms with Crippen LogP contribution in [0.3, 0.4) is 0 Å². The second-order valence-corrected chi connectivity index (χ2v) is 12.4. The topological polar surface area (TPSA) is 0 Å². The van der Waals surface area contributed by atoms with Gasteiger partial charge in [0.05, 0.1) is 0 Å². The molecule has 4 aliphatic rings. The minimum atomic E-state index is 0. The Balaban J connectivity index is -0.0000000830. The Morgan fingerprint density at radius 1 is 0.553 bits per heavy atom. The van der Waals surface area contributed by atoms with Gasteiger partial charge in [0.25, 0.3) is 0 Å². The molecule has 0 saturated carbocycles. The Morgan fingerprint density at radius 3 is 0.921 bits per heavy atom. The fraction of sp³-hybridized carbons (Fsp3) is 0.500. The van der Waals surface area contributed by atoms with Gasteiger partial charge in [-0.1, -0.05) is 67.7 Å². The first-order valence-corrected chi connectivity index (χ1v) is 17.1. The molecule has 38 heavy (non-hydrogen) atoms. The predicted molar refractivity (Wildman–Crippen MR) is 161 cm³/mol. The van der Waals surface area contributed by atoms with Gasteiger partial charge in [0.2, 0.25) is 0 Å². The SMILES string of the molecule is CC(C)(C)C1=[C-]CC=C1.CC(C)(C)C1=[C-]CC=C1.C[SiH]C.C[SiH]C.[C-]1=CC=CC1.[C-]1=CC=CC1.[Cl-].[Cl-].[Hf].[Hf]. The Hall–Kier alpha value is 0.674. The number of hydrogen-bond donors (Lipinski definition) is 0. The van der Waals surface area contributed by atoms with E-state index in [0.717, 1.165) is 44.7 Å². The van der Waals surface area contributed by atoms with Crippen molar-refractivity contribution in [2.45, 2.75) is 93.4 Å². The molecule has 0 amide bonds. The zero-order valence-corrected chi connectivity index (χ0v) is 36.5. The standard InChI is InChI=1S/2C9H13.2C5H5.2C2H7Si.2ClH.2Hf/c2*1-9(2,3)8-6-4-5-7-8;2*1-2-4-5-3-1;2*1-3-2;;;;/h2*4,6H,5H2,1-3H3;2*1-3H,4H2;2*3H,1-2H3;2*1H;;/q4*-1;;;;;;/p-2. The molecular formula is C32H50Cl2Hf2Si2-6. The second kappa shape index (κ2) is 33.9. The Morgan fingerprint density at radius 2 is 0.842 bits per heavy atom. The van der Waals surface area contributed by atoms with Gasteiger partial charge in [-0.05, 0) is 10.8 Å². The van der Waals surface area contributed by atoms with Crippen LogP contribution in [0.1, 0.15) is 67.2 Å². The van der Waals surface area contributed by atoms with Gasteiger partial charge in [0, 0.05) is 70.7 Å². The third-order valence-corrected chi connectivity index (χ3v) is 4.18. The summed E-state index contributed by atoms with van der Waals surface area (Å²) in [5, 5.41) is 0. The molecule has 0 aromatic carbocycles. The van der Waals surface area contributed by atoms with Gasteiger partial charge in [-0.3, -0.25) is 24.3 Å². The van der Waals surface area contributed by atoms with E-state index in [-0.39, 0.29) is 76.5 Å². The summed E-state index contributed by atoms with van der Waals surface area (Å²) >= 11 is 0. The van der Waals surface area contributed by atoms with Crippen LogP contribution in [0, 0.1) is 35.1 Å². The van der Waals surface area contributed by atoms with E-state index in [1.54, 1.807) is 0 Å². The third kappa shape index (κ3) is 34.7. The predicted octanol–water partition coefficient (Wildman–Crippen LogP) is 3.10. The van der Waals surface area contributed by atoms with E-state index in [9.17, 15) is 0 Å². The molecule has 0 saturated heterocycles. The summed E-state index contributed by atoms with van der Waals surface area (Å²) in [5.41, 5.74) is 3.30. The fourth-order valence-corrected chi connectivity index (χ4v) is 2.52. The largest absolute Gasteiger partial charge is 1.00 e. The summed E-state index contributed by atoms with van der Waals surface area (Å²) in [4.78, 5) is 0. The van der Waals surface area contributed by atoms with Gasteiger partial charge in [0.1, 0.15) is 0 Å². The average Bonchev–Trinajstić information content (AvgIpc) is 3.59. The second-order valence-electron chi connectivity index (χ2n) is 10.1. The van der Waals surface area contributed by atoms with Gasteiger partial charge < -0.3 is 24.8 Å². The van der Waals surface area contributed by atoms with Crippen molar-refractivity contribution in [1.29, 1.82) is 0 Å². The molecule has 0 heterocycles. The van der Waals surface area contributed by atoms with Crippen molar-refractivity contribution in [2.75, 3.05) is 0 Å². The molecule has 0 N–H and O–H groups in total. The molecule has 0 aliphatic heterocycles. The van der Waals surface area contributed by atoms with Crippen LogP contribution in [0.25, 0.3) is 0 Å². The first-order chi connectivity index (χ1) is 16.0. The van der Waals surface area contributed by atoms with Crippen LogP contribution < -0.4 is 24.8 Å². The number of rotatable bonds is 0. The normalized spacial score (nSPS) is 14.3. The summed E-state index contributed by atoms with van der Waals surface area (Å²) < 4.78 is 0. The fourth-order valence-electron chi connectivity index (χ4n) is 2.52. The third-order valence-electron chi connectivity index (χ3n) is 4.18. The van der Waals surface area contributed by atoms with Crippen LogP contribution in [0.5, 0.6) is 0 Å². The molecular weight excluding hydrogens is 868 g/mol. The van der Waals surface area contributed by atoms with E-state index in [4.69, 9.17) is 0 Å². The summed E-state index contributed by atoms with van der Waals surface area (Å²) in [6.45, 7) is 22.1. The van der Waals surface area contributed by atoms with E-state index in [2.05, 4.69) is 128 Å². The number of hydrogen-bond acceptors (Lipinski definition) is 0. The summed E-state index contributed by atoms with van der Waals surface area (Å²) in [5.74, 6) is 0. The Kier molecular flexibility index (Phi) is 45.8. The first kappa shape index (κ1) is 51.4. The van der Waals surface area contributed by atoms with Crippen LogP contribution in [-0.2, 0) is 51.7 Å². The molecule has 0 unspecified atom stereocenters. The smallest absolute Gasteiger partial charge is 0.0213 e. The molecule has 0 spiro atoms. The number of halogens is 2. The average molecular weight is 919 g/mol. The van der Waals surface area contributed by atoms with Crippen molar-refractivity contribution < 1.29 is 76.5 Å². The minimum absolute atomic E-state index is 0. The van der Waals surface area contributed by atoms with E-state index in [1.807, 2.05) is 24.3 Å². The van der Waals surface area contributed by atoms with E-state index >= 15 is 0 Å². The molecule has 2 radical (unpaired) electrons. The molecule has 0 aromatic heterocycles. The first-order valence-electron chi connectivity index (χ1n) is 12.5. The summed E-state index contributed by atoms with van der Waals surface area (Å²) in [7, 11) is 1.50. The maximum absolute atomic E-state index is 3.30. The van der Waals surface area contributed by atoms with E-state index in [1.165, 1.54) is 11.1 Å². The van der Waals surface area contributed by atoms with Gasteiger partial charge in [-0.25, -0.2) is 47.6 Å². The van der Waals surface area contributed by atoms with Gasteiger partial charge in [0.15, 0.2) is 0 Å². The van der Waals surface area contributed by atoms with Crippen molar-refractivity contribution in [1.82, 2.24) is 0 Å². The molecule has 4 aliphatic carbocycles. The van der Waals surface area contributed by atoms with Crippen molar-refractivity contribution in [3.8, 4) is 0 Å². The molecule has 0 fully saturated rings. The van der Waals surface area contributed by atoms with Crippen LogP contribution in [-0.4, -0.2) is 19.0 Å². The zero-order valence-electron chi connectivity index (χ0n) is 25.5. The van der Waals surface area contributed by atoms with Crippen LogP contribution in [0.15, 0.2) is 71.9 Å². The van der Waals surface area contributed by atoms with Crippen molar-refractivity contribution in [2.24, 2.45) is 10.8 Å². The van der Waals surface area contributed by atoms with Gasteiger partial charge in [-0.2, -0.15) is 24.3 Å². The molecule has 4 rings (SSSR count). The quantitative estimate of drug-likeness (QED) is 0.260. The van der Waals surface area contributed by atoms with Gasteiger partial charge in [-0.15, -0.1) is 25.7 Å². The minimum Gasteiger partial charge on any atom is -1.00 e.